The topological polar surface area (TPSA) is 55.6 Å². The summed E-state index contributed by atoms with van der Waals surface area (Å²) in [5.74, 6) is 0. The highest BCUT2D eigenvalue weighted by atomic mass is 16.5. The van der Waals surface area contributed by atoms with E-state index >= 15 is 0 Å². The van der Waals surface area contributed by atoms with Crippen molar-refractivity contribution in [1.29, 1.82) is 0 Å². The van der Waals surface area contributed by atoms with Crippen LogP contribution in [0.2, 0.25) is 0 Å². The largest absolute Gasteiger partial charge is 0.464 e. The third-order valence-corrected chi connectivity index (χ3v) is 4.74. The third-order valence-electron chi connectivity index (χ3n) is 4.74. The second-order valence-electron chi connectivity index (χ2n) is 6.71. The molecule has 0 bridgehead atoms. The van der Waals surface area contributed by atoms with E-state index < -0.39 is 0 Å². The van der Waals surface area contributed by atoms with E-state index in [1.54, 1.807) is 12.5 Å². The summed E-state index contributed by atoms with van der Waals surface area (Å²) in [6.45, 7) is 2.79. The van der Waals surface area contributed by atoms with Crippen molar-refractivity contribution in [2.24, 2.45) is 0 Å². The Morgan fingerprint density at radius 2 is 2.00 bits per heavy atom. The van der Waals surface area contributed by atoms with E-state index in [-0.39, 0.29) is 11.5 Å². The van der Waals surface area contributed by atoms with Crippen molar-refractivity contribution in [3.05, 3.63) is 76.4 Å². The number of ether oxygens (including phenoxy) is 1. The molecular formula is C21H22N2O3. The first-order valence-electron chi connectivity index (χ1n) is 9.03. The van der Waals surface area contributed by atoms with Gasteiger partial charge < -0.3 is 9.15 Å². The minimum Gasteiger partial charge on any atom is -0.464 e. The van der Waals surface area contributed by atoms with Crippen molar-refractivity contribution in [2.45, 2.75) is 32.0 Å². The highest BCUT2D eigenvalue weighted by Crippen LogP contribution is 2.17. The predicted octanol–water partition coefficient (Wildman–Crippen LogP) is 3.37. The predicted molar refractivity (Wildman–Crippen MR) is 99.8 cm³/mol. The van der Waals surface area contributed by atoms with Crippen LogP contribution in [0.1, 0.15) is 24.1 Å². The molecule has 0 N–H and O–H groups in total. The number of para-hydroxylation sites is 1. The molecule has 3 aromatic rings. The maximum absolute atomic E-state index is 12.8. The summed E-state index contributed by atoms with van der Waals surface area (Å²) in [7, 11) is 0. The number of hydrogen-bond donors (Lipinski definition) is 0. The Hall–Kier alpha value is -2.50. The monoisotopic (exact) mass is 350 g/mol. The van der Waals surface area contributed by atoms with Gasteiger partial charge in [0.1, 0.15) is 5.58 Å². The molecule has 134 valence electrons. The zero-order valence-electron chi connectivity index (χ0n) is 14.6. The van der Waals surface area contributed by atoms with Gasteiger partial charge >= 0.3 is 0 Å². The average molecular weight is 350 g/mol. The molecule has 1 atom stereocenters. The van der Waals surface area contributed by atoms with Crippen molar-refractivity contribution in [3.63, 3.8) is 0 Å². The lowest BCUT2D eigenvalue weighted by molar-refractivity contribution is 0.0672. The fraction of sp³-hybridized carbons (Fsp3) is 0.333. The van der Waals surface area contributed by atoms with Gasteiger partial charge in [0.25, 0.3) is 0 Å². The molecule has 1 fully saturated rings. The zero-order chi connectivity index (χ0) is 17.8. The Morgan fingerprint density at radius 1 is 1.12 bits per heavy atom. The molecule has 1 aliphatic rings. The molecular weight excluding hydrogens is 328 g/mol. The number of benzene rings is 1. The van der Waals surface area contributed by atoms with Gasteiger partial charge in [0.05, 0.1) is 23.4 Å². The lowest BCUT2D eigenvalue weighted by atomic mass is 10.1. The van der Waals surface area contributed by atoms with Crippen LogP contribution in [0.5, 0.6) is 0 Å². The lowest BCUT2D eigenvalue weighted by Gasteiger charge is -2.24. The van der Waals surface area contributed by atoms with Gasteiger partial charge in [-0.25, -0.2) is 0 Å². The normalized spacial score (nSPS) is 17.2. The summed E-state index contributed by atoms with van der Waals surface area (Å²) in [5, 5.41) is 0.625. The summed E-state index contributed by atoms with van der Waals surface area (Å²) in [4.78, 5) is 19.5. The van der Waals surface area contributed by atoms with Crippen LogP contribution < -0.4 is 5.43 Å². The molecule has 1 saturated heterocycles. The number of rotatable bonds is 6. The van der Waals surface area contributed by atoms with Crippen LogP contribution in [0, 0.1) is 0 Å². The summed E-state index contributed by atoms with van der Waals surface area (Å²) in [6, 6.07) is 13.3. The fourth-order valence-electron chi connectivity index (χ4n) is 3.45. The van der Waals surface area contributed by atoms with Crippen LogP contribution in [-0.4, -0.2) is 29.1 Å². The Labute approximate surface area is 152 Å². The van der Waals surface area contributed by atoms with E-state index in [2.05, 4.69) is 9.88 Å². The molecule has 26 heavy (non-hydrogen) atoms. The van der Waals surface area contributed by atoms with Gasteiger partial charge in [-0.15, -0.1) is 0 Å². The van der Waals surface area contributed by atoms with Gasteiger partial charge in [0, 0.05) is 38.0 Å². The second kappa shape index (κ2) is 7.81. The Kier molecular flexibility index (Phi) is 5.09. The highest BCUT2D eigenvalue weighted by molar-refractivity contribution is 5.76. The minimum atomic E-state index is 0.0326. The Balaban J connectivity index is 1.59. The number of pyridine rings is 1. The minimum absolute atomic E-state index is 0.0326. The van der Waals surface area contributed by atoms with E-state index in [0.717, 1.165) is 31.7 Å². The summed E-state index contributed by atoms with van der Waals surface area (Å²) < 4.78 is 11.5. The highest BCUT2D eigenvalue weighted by Gasteiger charge is 2.21. The standard InChI is InChI=1S/C21H22N2O3/c24-21-16(15-26-20-9-2-1-8-19(20)21)12-23(14-18-7-5-11-25-18)13-17-6-3-4-10-22-17/h1-4,6,8-10,15,18H,5,7,11-14H2/t18-/m0/s1. The Morgan fingerprint density at radius 3 is 2.81 bits per heavy atom. The quantitative estimate of drug-likeness (QED) is 0.682. The molecule has 1 aliphatic heterocycles. The molecule has 3 heterocycles. The SMILES string of the molecule is O=c1c(CN(Cc2ccccn2)C[C@@H]2CCCO2)coc2ccccc12. The molecule has 5 nitrogen and oxygen atoms in total. The molecule has 0 radical (unpaired) electrons. The number of nitrogens with zero attached hydrogens (tertiary/aromatic N) is 2. The molecule has 4 rings (SSSR count). The fourth-order valence-corrected chi connectivity index (χ4v) is 3.45. The van der Waals surface area contributed by atoms with E-state index in [1.165, 1.54) is 0 Å². The van der Waals surface area contributed by atoms with Crippen molar-refractivity contribution in [2.75, 3.05) is 13.2 Å². The first-order chi connectivity index (χ1) is 12.8. The van der Waals surface area contributed by atoms with E-state index in [0.29, 0.717) is 29.6 Å². The molecule has 1 aromatic carbocycles. The number of aromatic nitrogens is 1. The zero-order valence-corrected chi connectivity index (χ0v) is 14.6. The molecule has 0 aliphatic carbocycles. The van der Waals surface area contributed by atoms with Gasteiger partial charge in [-0.3, -0.25) is 14.7 Å². The number of fused-ring (bicyclic) bond motifs is 1. The molecule has 0 saturated carbocycles. The third kappa shape index (κ3) is 3.84. The summed E-state index contributed by atoms with van der Waals surface area (Å²) in [5.41, 5.74) is 2.30. The van der Waals surface area contributed by atoms with Gasteiger partial charge in [0.15, 0.2) is 5.43 Å². The molecule has 2 aromatic heterocycles. The van der Waals surface area contributed by atoms with Crippen molar-refractivity contribution >= 4 is 11.0 Å². The van der Waals surface area contributed by atoms with Crippen LogP contribution in [0.4, 0.5) is 0 Å². The summed E-state index contributed by atoms with van der Waals surface area (Å²) >= 11 is 0. The maximum Gasteiger partial charge on any atom is 0.197 e. The Bertz CT molecular complexity index is 917. The van der Waals surface area contributed by atoms with Crippen LogP contribution in [0.3, 0.4) is 0 Å². The van der Waals surface area contributed by atoms with Crippen LogP contribution in [0.25, 0.3) is 11.0 Å². The molecule has 0 amide bonds. The van der Waals surface area contributed by atoms with Crippen molar-refractivity contribution < 1.29 is 9.15 Å². The van der Waals surface area contributed by atoms with Gasteiger partial charge in [0.2, 0.25) is 0 Å². The lowest BCUT2D eigenvalue weighted by Crippen LogP contribution is -2.33. The molecule has 0 spiro atoms. The second-order valence-corrected chi connectivity index (χ2v) is 6.71. The average Bonchev–Trinajstić information content (AvgIpc) is 3.18. The van der Waals surface area contributed by atoms with E-state index in [9.17, 15) is 4.79 Å². The molecule has 0 unspecified atom stereocenters. The van der Waals surface area contributed by atoms with Gasteiger partial charge in [-0.1, -0.05) is 18.2 Å². The van der Waals surface area contributed by atoms with E-state index in [4.69, 9.17) is 9.15 Å². The van der Waals surface area contributed by atoms with Crippen LogP contribution in [-0.2, 0) is 17.8 Å². The number of hydrogen-bond acceptors (Lipinski definition) is 5. The first kappa shape index (κ1) is 16.9. The van der Waals surface area contributed by atoms with Crippen LogP contribution in [0.15, 0.2) is 64.1 Å². The van der Waals surface area contributed by atoms with Gasteiger partial charge in [-0.2, -0.15) is 0 Å². The first-order valence-corrected chi connectivity index (χ1v) is 9.03. The van der Waals surface area contributed by atoms with E-state index in [1.807, 2.05) is 42.5 Å². The maximum atomic E-state index is 12.8. The summed E-state index contributed by atoms with van der Waals surface area (Å²) in [6.07, 6.45) is 5.76. The van der Waals surface area contributed by atoms with Crippen molar-refractivity contribution in [3.8, 4) is 0 Å². The van der Waals surface area contributed by atoms with Crippen LogP contribution >= 0.6 is 0 Å². The van der Waals surface area contributed by atoms with Crippen molar-refractivity contribution in [1.82, 2.24) is 9.88 Å². The van der Waals surface area contributed by atoms with Gasteiger partial charge in [-0.05, 0) is 37.1 Å². The smallest absolute Gasteiger partial charge is 0.197 e. The molecule has 5 heteroatoms.